The van der Waals surface area contributed by atoms with Gasteiger partial charge in [-0.15, -0.1) is 10.2 Å². The number of aryl methyl sites for hydroxylation is 1. The highest BCUT2D eigenvalue weighted by Gasteiger charge is 2.20. The van der Waals surface area contributed by atoms with Crippen LogP contribution in [0.5, 0.6) is 0 Å². The highest BCUT2D eigenvalue weighted by Crippen LogP contribution is 2.24. The van der Waals surface area contributed by atoms with E-state index in [0.29, 0.717) is 23.0 Å². The average molecular weight is 463 g/mol. The van der Waals surface area contributed by atoms with Crippen LogP contribution in [0.4, 0.5) is 5.69 Å². The van der Waals surface area contributed by atoms with Gasteiger partial charge in [-0.3, -0.25) is 4.79 Å². The second-order valence-electron chi connectivity index (χ2n) is 7.23. The van der Waals surface area contributed by atoms with Crippen LogP contribution in [-0.4, -0.2) is 33.2 Å². The molecule has 1 unspecified atom stereocenters. The number of halogens is 1. The number of aromatic nitrogens is 3. The van der Waals surface area contributed by atoms with E-state index in [4.69, 9.17) is 20.8 Å². The number of amides is 1. The number of benzene rings is 2. The third-order valence-corrected chi connectivity index (χ3v) is 5.06. The SMILES string of the molecule is Cc1ccc(-c2nnc(-c3ccc(C(=O)OC(C)C(=O)Nc4cccnc4Cl)cc3)o2)cc1. The Hall–Kier alpha value is -4.04. The topological polar surface area (TPSA) is 107 Å². The van der Waals surface area contributed by atoms with Crippen LogP contribution in [0, 0.1) is 6.92 Å². The molecular weight excluding hydrogens is 444 g/mol. The van der Waals surface area contributed by atoms with Gasteiger partial charge < -0.3 is 14.5 Å². The van der Waals surface area contributed by atoms with E-state index in [1.54, 1.807) is 36.4 Å². The van der Waals surface area contributed by atoms with E-state index in [0.717, 1.165) is 11.1 Å². The summed E-state index contributed by atoms with van der Waals surface area (Å²) in [5, 5.41) is 10.9. The minimum absolute atomic E-state index is 0.145. The second-order valence-corrected chi connectivity index (χ2v) is 7.59. The number of carbonyl (C=O) groups is 2. The minimum atomic E-state index is -1.04. The molecular formula is C24H19ClN4O4. The zero-order valence-electron chi connectivity index (χ0n) is 17.8. The molecule has 8 nitrogen and oxygen atoms in total. The van der Waals surface area contributed by atoms with Gasteiger partial charge >= 0.3 is 5.97 Å². The fourth-order valence-corrected chi connectivity index (χ4v) is 3.06. The van der Waals surface area contributed by atoms with Crippen molar-refractivity contribution in [3.8, 4) is 22.9 Å². The molecule has 0 fully saturated rings. The highest BCUT2D eigenvalue weighted by atomic mass is 35.5. The minimum Gasteiger partial charge on any atom is -0.449 e. The summed E-state index contributed by atoms with van der Waals surface area (Å²) in [5.41, 5.74) is 3.21. The van der Waals surface area contributed by atoms with Crippen molar-refractivity contribution in [1.82, 2.24) is 15.2 Å². The summed E-state index contributed by atoms with van der Waals surface area (Å²) in [7, 11) is 0. The first-order valence-electron chi connectivity index (χ1n) is 10.0. The first-order valence-corrected chi connectivity index (χ1v) is 10.4. The molecule has 166 valence electrons. The summed E-state index contributed by atoms with van der Waals surface area (Å²) in [6, 6.07) is 17.4. The number of pyridine rings is 1. The lowest BCUT2D eigenvalue weighted by molar-refractivity contribution is -0.123. The molecule has 0 saturated carbocycles. The van der Waals surface area contributed by atoms with E-state index in [2.05, 4.69) is 20.5 Å². The van der Waals surface area contributed by atoms with Crippen molar-refractivity contribution in [2.75, 3.05) is 5.32 Å². The number of esters is 1. The van der Waals surface area contributed by atoms with Crippen LogP contribution < -0.4 is 5.32 Å². The van der Waals surface area contributed by atoms with Crippen molar-refractivity contribution < 1.29 is 18.7 Å². The average Bonchev–Trinajstić information content (AvgIpc) is 3.31. The van der Waals surface area contributed by atoms with E-state index in [1.807, 2.05) is 31.2 Å². The summed E-state index contributed by atoms with van der Waals surface area (Å²) < 4.78 is 11.0. The van der Waals surface area contributed by atoms with E-state index in [9.17, 15) is 9.59 Å². The lowest BCUT2D eigenvalue weighted by Gasteiger charge is -2.14. The maximum atomic E-state index is 12.5. The molecule has 0 aliphatic carbocycles. The predicted octanol–water partition coefficient (Wildman–Crippen LogP) is 4.94. The molecule has 2 aromatic heterocycles. The van der Waals surface area contributed by atoms with Crippen molar-refractivity contribution in [3.05, 3.63) is 83.1 Å². The number of ether oxygens (including phenoxy) is 1. The first kappa shape index (κ1) is 22.2. The van der Waals surface area contributed by atoms with Crippen molar-refractivity contribution in [1.29, 1.82) is 0 Å². The molecule has 0 spiro atoms. The Kier molecular flexibility index (Phi) is 6.46. The summed E-state index contributed by atoms with van der Waals surface area (Å²) in [6.45, 7) is 3.47. The summed E-state index contributed by atoms with van der Waals surface area (Å²) in [5.74, 6) is -0.439. The standard InChI is InChI=1S/C24H19ClN4O4/c1-14-5-7-16(8-6-14)22-28-29-23(33-22)17-9-11-18(12-10-17)24(31)32-15(2)21(30)27-19-4-3-13-26-20(19)25/h3-13,15H,1-2H3,(H,27,30). The van der Waals surface area contributed by atoms with Crippen molar-refractivity contribution in [2.45, 2.75) is 20.0 Å². The molecule has 4 rings (SSSR count). The Morgan fingerprint density at radius 2 is 1.58 bits per heavy atom. The van der Waals surface area contributed by atoms with Gasteiger partial charge in [-0.05, 0) is 62.4 Å². The smallest absolute Gasteiger partial charge is 0.338 e. The summed E-state index contributed by atoms with van der Waals surface area (Å²) >= 11 is 5.93. The van der Waals surface area contributed by atoms with Gasteiger partial charge in [0.25, 0.3) is 5.91 Å². The molecule has 0 saturated heterocycles. The van der Waals surface area contributed by atoms with Crippen LogP contribution in [-0.2, 0) is 9.53 Å². The maximum Gasteiger partial charge on any atom is 0.338 e. The van der Waals surface area contributed by atoms with E-state index >= 15 is 0 Å². The Labute approximate surface area is 194 Å². The van der Waals surface area contributed by atoms with Crippen LogP contribution in [0.1, 0.15) is 22.8 Å². The van der Waals surface area contributed by atoms with Crippen LogP contribution >= 0.6 is 11.6 Å². The number of anilines is 1. The zero-order chi connectivity index (χ0) is 23.4. The number of hydrogen-bond acceptors (Lipinski definition) is 7. The van der Waals surface area contributed by atoms with Gasteiger partial charge in [-0.1, -0.05) is 29.3 Å². The van der Waals surface area contributed by atoms with Crippen molar-refractivity contribution in [3.63, 3.8) is 0 Å². The van der Waals surface area contributed by atoms with Crippen LogP contribution in [0.3, 0.4) is 0 Å². The molecule has 33 heavy (non-hydrogen) atoms. The van der Waals surface area contributed by atoms with Crippen LogP contribution in [0.25, 0.3) is 22.9 Å². The molecule has 1 N–H and O–H groups in total. The van der Waals surface area contributed by atoms with Gasteiger partial charge in [-0.2, -0.15) is 0 Å². The monoisotopic (exact) mass is 462 g/mol. The summed E-state index contributed by atoms with van der Waals surface area (Å²) in [4.78, 5) is 28.6. The molecule has 9 heteroatoms. The molecule has 1 atom stereocenters. The fraction of sp³-hybridized carbons (Fsp3) is 0.125. The number of nitrogens with zero attached hydrogens (tertiary/aromatic N) is 3. The quantitative estimate of drug-likeness (QED) is 0.319. The molecule has 1 amide bonds. The van der Waals surface area contributed by atoms with Gasteiger partial charge in [0.2, 0.25) is 11.8 Å². The molecule has 0 aliphatic heterocycles. The highest BCUT2D eigenvalue weighted by molar-refractivity contribution is 6.32. The van der Waals surface area contributed by atoms with Crippen LogP contribution in [0.2, 0.25) is 5.15 Å². The Balaban J connectivity index is 1.39. The zero-order valence-corrected chi connectivity index (χ0v) is 18.5. The van der Waals surface area contributed by atoms with E-state index < -0.39 is 18.0 Å². The Morgan fingerprint density at radius 3 is 2.18 bits per heavy atom. The lowest BCUT2D eigenvalue weighted by atomic mass is 10.1. The van der Waals surface area contributed by atoms with E-state index in [1.165, 1.54) is 13.1 Å². The lowest BCUT2D eigenvalue weighted by Crippen LogP contribution is -2.30. The molecule has 0 radical (unpaired) electrons. The normalized spacial score (nSPS) is 11.6. The third-order valence-electron chi connectivity index (χ3n) is 4.76. The Morgan fingerprint density at radius 1 is 0.970 bits per heavy atom. The van der Waals surface area contributed by atoms with Gasteiger partial charge in [0, 0.05) is 17.3 Å². The number of nitrogens with one attached hydrogen (secondary N) is 1. The molecule has 0 aliphatic rings. The molecule has 0 bridgehead atoms. The molecule has 2 aromatic carbocycles. The van der Waals surface area contributed by atoms with Gasteiger partial charge in [-0.25, -0.2) is 9.78 Å². The van der Waals surface area contributed by atoms with E-state index in [-0.39, 0.29) is 10.7 Å². The fourth-order valence-electron chi connectivity index (χ4n) is 2.90. The van der Waals surface area contributed by atoms with Gasteiger partial charge in [0.1, 0.15) is 0 Å². The predicted molar refractivity (Wildman–Crippen MR) is 123 cm³/mol. The van der Waals surface area contributed by atoms with Crippen molar-refractivity contribution >= 4 is 29.2 Å². The largest absolute Gasteiger partial charge is 0.449 e. The molecule has 2 heterocycles. The maximum absolute atomic E-state index is 12.5. The van der Waals surface area contributed by atoms with Gasteiger partial charge in [0.15, 0.2) is 11.3 Å². The number of carbonyl (C=O) groups excluding carboxylic acids is 2. The first-order chi connectivity index (χ1) is 15.9. The number of hydrogen-bond donors (Lipinski definition) is 1. The Bertz CT molecular complexity index is 1290. The second kappa shape index (κ2) is 9.62. The van der Waals surface area contributed by atoms with Crippen molar-refractivity contribution in [2.24, 2.45) is 0 Å². The van der Waals surface area contributed by atoms with Gasteiger partial charge in [0.05, 0.1) is 11.3 Å². The third kappa shape index (κ3) is 5.24. The van der Waals surface area contributed by atoms with Crippen LogP contribution in [0.15, 0.2) is 71.3 Å². The number of rotatable bonds is 6. The summed E-state index contributed by atoms with van der Waals surface area (Å²) in [6.07, 6.45) is 0.462. The molecule has 4 aromatic rings.